The molecule has 0 spiro atoms. The fourth-order valence-electron chi connectivity index (χ4n) is 4.57. The van der Waals surface area contributed by atoms with Gasteiger partial charge in [0.25, 0.3) is 0 Å². The molecule has 2 unspecified atom stereocenters. The summed E-state index contributed by atoms with van der Waals surface area (Å²) in [6.45, 7) is 4.04. The first-order valence-electron chi connectivity index (χ1n) is 15.8. The van der Waals surface area contributed by atoms with Crippen LogP contribution in [-0.2, 0) is 0 Å². The molecule has 0 saturated heterocycles. The number of aryl methyl sites for hydroxylation is 2. The molecule has 0 radical (unpaired) electrons. The van der Waals surface area contributed by atoms with Gasteiger partial charge in [-0.3, -0.25) is 0 Å². The molecule has 0 aromatic heterocycles. The Labute approximate surface area is 294 Å². The maximum Gasteiger partial charge on any atom is 0.447 e. The Morgan fingerprint density at radius 2 is 0.840 bits per heavy atom. The van der Waals surface area contributed by atoms with Crippen LogP contribution in [0.4, 0.5) is 0 Å². The number of nitrogens with zero attached hydrogens (tertiary/aromatic N) is 3. The first kappa shape index (κ1) is 33.6. The molecule has 6 aromatic rings. The summed E-state index contributed by atoms with van der Waals surface area (Å²) in [5, 5.41) is 0. The molecule has 0 saturated carbocycles. The molecule has 6 aromatic carbocycles. The summed E-state index contributed by atoms with van der Waals surface area (Å²) in [5.41, 5.74) is 2.17. The van der Waals surface area contributed by atoms with Crippen LogP contribution in [0.5, 0.6) is 34.5 Å². The van der Waals surface area contributed by atoms with E-state index in [4.69, 9.17) is 32.3 Å². The van der Waals surface area contributed by atoms with Crippen molar-refractivity contribution in [2.75, 3.05) is 0 Å². The molecular weight excluding hydrogens is 687 g/mol. The molecule has 1 heterocycles. The van der Waals surface area contributed by atoms with Gasteiger partial charge in [0, 0.05) is 9.21 Å². The van der Waals surface area contributed by atoms with Crippen LogP contribution in [-0.4, -0.2) is 9.21 Å². The largest absolute Gasteiger partial charge is 0.447 e. The van der Waals surface area contributed by atoms with Crippen LogP contribution in [0.2, 0.25) is 0 Å². The van der Waals surface area contributed by atoms with Gasteiger partial charge in [-0.05, 0) is 86.6 Å². The lowest BCUT2D eigenvalue weighted by Crippen LogP contribution is -2.37. The number of rotatable bonds is 12. The Bertz CT molecular complexity index is 1970. The van der Waals surface area contributed by atoms with Crippen molar-refractivity contribution in [2.24, 2.45) is 4.52 Å². The van der Waals surface area contributed by atoms with E-state index in [9.17, 15) is 0 Å². The first-order valence-corrected chi connectivity index (χ1v) is 19.7. The molecule has 0 N–H and O–H groups in total. The van der Waals surface area contributed by atoms with Gasteiger partial charge in [0.05, 0.1) is 0 Å². The Kier molecular flexibility index (Phi) is 10.6. The second-order valence-electron chi connectivity index (χ2n) is 11.0. The zero-order valence-corrected chi connectivity index (χ0v) is 30.0. The summed E-state index contributed by atoms with van der Waals surface area (Å²) >= 11 is 0. The summed E-state index contributed by atoms with van der Waals surface area (Å²) in [6.07, 6.45) is 0. The minimum atomic E-state index is -3.74. The third-order valence-corrected chi connectivity index (χ3v) is 13.9. The van der Waals surface area contributed by atoms with Gasteiger partial charge in [0.1, 0.15) is 34.5 Å². The monoisotopic (exact) mass is 721 g/mol. The lowest BCUT2D eigenvalue weighted by Gasteiger charge is -2.43. The van der Waals surface area contributed by atoms with E-state index in [1.54, 1.807) is 9.21 Å². The molecule has 12 heteroatoms. The van der Waals surface area contributed by atoms with Crippen LogP contribution in [0.25, 0.3) is 0 Å². The van der Waals surface area contributed by atoms with E-state index in [-0.39, 0.29) is 0 Å². The highest BCUT2D eigenvalue weighted by Crippen LogP contribution is 2.77. The van der Waals surface area contributed by atoms with Crippen molar-refractivity contribution >= 4 is 24.6 Å². The molecule has 1 aliphatic heterocycles. The van der Waals surface area contributed by atoms with E-state index in [1.165, 1.54) is 0 Å². The van der Waals surface area contributed by atoms with Gasteiger partial charge in [-0.2, -0.15) is 0 Å². The second kappa shape index (κ2) is 15.8. The van der Waals surface area contributed by atoms with Crippen LogP contribution < -0.4 is 27.8 Å². The van der Waals surface area contributed by atoms with Crippen molar-refractivity contribution in [2.45, 2.75) is 13.8 Å². The van der Waals surface area contributed by atoms with Gasteiger partial charge in [-0.15, -0.1) is 4.52 Å². The summed E-state index contributed by atoms with van der Waals surface area (Å²) < 4.78 is 36.0. The van der Waals surface area contributed by atoms with Crippen molar-refractivity contribution in [3.05, 3.63) is 181 Å². The van der Waals surface area contributed by atoms with Crippen molar-refractivity contribution < 1.29 is 27.8 Å². The topological polar surface area (TPSA) is 74.2 Å². The SMILES string of the molecule is Cc1ccc(ON2P(Oc3ccc(C)cc3)N(Oc3ccccc3)P(Oc3ccccc3)N=P2(Oc2ccccc2)Oc2ccccc2)cc1. The van der Waals surface area contributed by atoms with Crippen LogP contribution in [0.15, 0.2) is 174 Å². The predicted octanol–water partition coefficient (Wildman–Crippen LogP) is 11.9. The highest BCUT2D eigenvalue weighted by atomic mass is 31.3. The van der Waals surface area contributed by atoms with Crippen LogP contribution in [0, 0.1) is 13.8 Å². The van der Waals surface area contributed by atoms with Gasteiger partial charge >= 0.3 is 24.6 Å². The van der Waals surface area contributed by atoms with E-state index in [2.05, 4.69) is 0 Å². The first-order chi connectivity index (χ1) is 24.5. The summed E-state index contributed by atoms with van der Waals surface area (Å²) in [6, 6.07) is 53.2. The molecule has 1 aliphatic rings. The Hall–Kier alpha value is -4.87. The number of benzene rings is 6. The molecule has 9 nitrogen and oxygen atoms in total. The molecule has 50 heavy (non-hydrogen) atoms. The average molecular weight is 722 g/mol. The molecule has 0 fully saturated rings. The van der Waals surface area contributed by atoms with Crippen molar-refractivity contribution in [3.8, 4) is 34.5 Å². The lowest BCUT2D eigenvalue weighted by atomic mass is 10.2. The zero-order valence-electron chi connectivity index (χ0n) is 27.3. The van der Waals surface area contributed by atoms with Crippen LogP contribution in [0.1, 0.15) is 11.1 Å². The van der Waals surface area contributed by atoms with Crippen molar-refractivity contribution in [1.29, 1.82) is 0 Å². The third kappa shape index (κ3) is 8.28. The highest BCUT2D eigenvalue weighted by molar-refractivity contribution is 7.78. The highest BCUT2D eigenvalue weighted by Gasteiger charge is 2.58. The Balaban J connectivity index is 1.47. The van der Waals surface area contributed by atoms with Crippen molar-refractivity contribution in [3.63, 3.8) is 0 Å². The molecule has 7 rings (SSSR count). The summed E-state index contributed by atoms with van der Waals surface area (Å²) in [7, 11) is -7.91. The van der Waals surface area contributed by atoms with E-state index >= 15 is 0 Å². The minimum Gasteiger partial charge on any atom is -0.440 e. The summed E-state index contributed by atoms with van der Waals surface area (Å²) in [5.74, 6) is 3.29. The van der Waals surface area contributed by atoms with Gasteiger partial charge in [0.15, 0.2) is 0 Å². The molecule has 2 atom stereocenters. The normalized spacial score (nSPS) is 17.2. The lowest BCUT2D eigenvalue weighted by molar-refractivity contribution is 0.0545. The van der Waals surface area contributed by atoms with E-state index in [1.807, 2.05) is 184 Å². The maximum atomic E-state index is 6.92. The molecular formula is C38H34N3O6P3. The van der Waals surface area contributed by atoms with Crippen LogP contribution in [0.3, 0.4) is 0 Å². The van der Waals surface area contributed by atoms with Gasteiger partial charge in [-0.25, -0.2) is 0 Å². The van der Waals surface area contributed by atoms with Gasteiger partial charge in [-0.1, -0.05) is 108 Å². The number of hydrogen-bond donors (Lipinski definition) is 0. The fraction of sp³-hybridized carbons (Fsp3) is 0.0526. The smallest absolute Gasteiger partial charge is 0.440 e. The summed E-state index contributed by atoms with van der Waals surface area (Å²) in [4.78, 5) is 13.5. The second-order valence-corrected chi connectivity index (χ2v) is 16.5. The molecule has 0 bridgehead atoms. The average Bonchev–Trinajstić information content (AvgIpc) is 3.15. The number of hydrogen-bond acceptors (Lipinski definition) is 9. The maximum absolute atomic E-state index is 6.92. The molecule has 0 amide bonds. The predicted molar refractivity (Wildman–Crippen MR) is 199 cm³/mol. The standard InChI is InChI=1S/C38H34N3O6P3/c1-31-23-27-34(28-24-31)43-41-49(45-36-29-25-32(2)26-30-36)40(42-33-15-7-3-8-16-33)48(44-35-17-9-4-10-18-35)39-50(41,46-37-19-11-5-12-20-37)47-38-21-13-6-14-22-38/h3-30H,1-2H3. The minimum absolute atomic E-state index is 0.524. The van der Waals surface area contributed by atoms with E-state index in [0.29, 0.717) is 34.5 Å². The zero-order chi connectivity index (χ0) is 34.2. The van der Waals surface area contributed by atoms with Crippen molar-refractivity contribution in [1.82, 2.24) is 9.21 Å². The molecule has 252 valence electrons. The Morgan fingerprint density at radius 3 is 1.34 bits per heavy atom. The van der Waals surface area contributed by atoms with E-state index < -0.39 is 24.6 Å². The molecule has 0 aliphatic carbocycles. The fourth-order valence-corrected chi connectivity index (χ4v) is 12.1. The van der Waals surface area contributed by atoms with E-state index in [0.717, 1.165) is 11.1 Å². The van der Waals surface area contributed by atoms with Gasteiger partial charge < -0.3 is 27.8 Å². The Morgan fingerprint density at radius 1 is 0.440 bits per heavy atom. The quantitative estimate of drug-likeness (QED) is 0.116. The third-order valence-electron chi connectivity index (χ3n) is 7.06. The number of para-hydroxylation sites is 4. The van der Waals surface area contributed by atoms with Gasteiger partial charge in [0.2, 0.25) is 0 Å². The van der Waals surface area contributed by atoms with Crippen LogP contribution >= 0.6 is 24.6 Å².